The Kier molecular flexibility index (Phi) is 6.48. The summed E-state index contributed by atoms with van der Waals surface area (Å²) in [5.74, 6) is 0. The fourth-order valence-corrected chi connectivity index (χ4v) is 0.999. The van der Waals surface area contributed by atoms with Gasteiger partial charge in [0.05, 0.1) is 0 Å². The van der Waals surface area contributed by atoms with E-state index in [1.54, 1.807) is 5.06 Å². The molecule has 1 fully saturated rings. The average Bonchev–Trinajstić information content (AvgIpc) is 2.39. The van der Waals surface area contributed by atoms with Crippen LogP contribution in [0, 0.1) is 0 Å². The second kappa shape index (κ2) is 6.15. The van der Waals surface area contributed by atoms with Gasteiger partial charge in [-0.2, -0.15) is 3.71 Å². The largest absolute Gasteiger partial charge is 0.449 e. The van der Waals surface area contributed by atoms with Gasteiger partial charge < -0.3 is 4.84 Å². The molecule has 1 rings (SSSR count). The van der Waals surface area contributed by atoms with Gasteiger partial charge in [0, 0.05) is 34.8 Å². The third-order valence-electron chi connectivity index (χ3n) is 1.44. The van der Waals surface area contributed by atoms with Crippen molar-refractivity contribution in [3.05, 3.63) is 0 Å². The van der Waals surface area contributed by atoms with Crippen molar-refractivity contribution in [1.82, 2.24) is 8.77 Å². The number of hydroxylamine groups is 2. The molecule has 0 spiro atoms. The van der Waals surface area contributed by atoms with E-state index in [0.29, 0.717) is 0 Å². The first-order valence-electron chi connectivity index (χ1n) is 3.35. The molecular formula is C5H10N2O2S2Ti. The molecule has 1 amide bonds. The van der Waals surface area contributed by atoms with E-state index in [1.807, 2.05) is 0 Å². The smallest absolute Gasteiger partial charge is 0.350 e. The van der Waals surface area contributed by atoms with Gasteiger partial charge in [-0.15, -0.1) is 5.06 Å². The molecule has 1 saturated heterocycles. The molecule has 0 aromatic rings. The second-order valence-corrected chi connectivity index (χ2v) is 3.40. The Balaban J connectivity index is 0.00000121. The fourth-order valence-electron chi connectivity index (χ4n) is 0.926. The van der Waals surface area contributed by atoms with Crippen LogP contribution in [0.25, 0.3) is 0 Å². The van der Waals surface area contributed by atoms with E-state index in [1.165, 1.54) is 0 Å². The summed E-state index contributed by atoms with van der Waals surface area (Å²) in [6.07, 6.45) is 1.59. The Bertz CT molecular complexity index is 152. The number of hydrogen-bond donors (Lipinski definition) is 2. The van der Waals surface area contributed by atoms with Crippen LogP contribution in [0.2, 0.25) is 0 Å². The Morgan fingerprint density at radius 1 is 1.33 bits per heavy atom. The summed E-state index contributed by atoms with van der Waals surface area (Å²) >= 11 is 7.32. The summed E-state index contributed by atoms with van der Waals surface area (Å²) in [5.41, 5.74) is 0. The molecule has 4 nitrogen and oxygen atoms in total. The van der Waals surface area contributed by atoms with Gasteiger partial charge in [0.25, 0.3) is 0 Å². The number of hydrogen-bond acceptors (Lipinski definition) is 5. The van der Waals surface area contributed by atoms with Crippen molar-refractivity contribution in [1.29, 1.82) is 0 Å². The zero-order valence-electron chi connectivity index (χ0n) is 6.43. The molecule has 0 aromatic heterocycles. The standard InChI is InChI=1S/C5H10N2O2S2.Ti/c8-5(7(10)11)9-6-3-1-2-4-6;/h10-11H,1-4H2;. The second-order valence-electron chi connectivity index (χ2n) is 2.28. The molecule has 0 aromatic carbocycles. The normalized spacial score (nSPS) is 16.8. The Hall–Kier alpha value is 0.644. The number of carbonyl (C=O) groups excluding carboxylic acids is 1. The molecule has 0 bridgehead atoms. The minimum Gasteiger partial charge on any atom is -0.350 e. The van der Waals surface area contributed by atoms with Crippen LogP contribution in [-0.4, -0.2) is 28.0 Å². The van der Waals surface area contributed by atoms with Gasteiger partial charge in [0.2, 0.25) is 0 Å². The minimum atomic E-state index is -0.557. The Labute approximate surface area is 97.5 Å². The number of carbonyl (C=O) groups is 1. The molecule has 1 heterocycles. The van der Waals surface area contributed by atoms with Crippen LogP contribution in [0.4, 0.5) is 4.79 Å². The van der Waals surface area contributed by atoms with Crippen molar-refractivity contribution in [2.45, 2.75) is 12.8 Å². The predicted octanol–water partition coefficient (Wildman–Crippen LogP) is 1.12. The number of rotatable bonds is 1. The van der Waals surface area contributed by atoms with Gasteiger partial charge in [0.1, 0.15) is 0 Å². The van der Waals surface area contributed by atoms with Crippen LogP contribution in [0.5, 0.6) is 0 Å². The van der Waals surface area contributed by atoms with Crippen molar-refractivity contribution >= 4 is 31.7 Å². The van der Waals surface area contributed by atoms with Crippen LogP contribution in [0.1, 0.15) is 12.8 Å². The van der Waals surface area contributed by atoms with E-state index in [2.05, 4.69) is 25.6 Å². The molecule has 0 aliphatic carbocycles. The van der Waals surface area contributed by atoms with Gasteiger partial charge >= 0.3 is 6.09 Å². The maximum atomic E-state index is 10.8. The predicted molar refractivity (Wildman–Crippen MR) is 47.1 cm³/mol. The van der Waals surface area contributed by atoms with E-state index in [9.17, 15) is 4.79 Å². The van der Waals surface area contributed by atoms with Crippen molar-refractivity contribution in [3.8, 4) is 0 Å². The first-order chi connectivity index (χ1) is 5.20. The number of thiol groups is 2. The molecule has 12 heavy (non-hydrogen) atoms. The summed E-state index contributed by atoms with van der Waals surface area (Å²) in [4.78, 5) is 15.6. The summed E-state index contributed by atoms with van der Waals surface area (Å²) in [7, 11) is 0. The SMILES string of the molecule is O=C(ON1CCCC1)N(S)S.[Ti]. The first-order valence-corrected chi connectivity index (χ1v) is 4.15. The van der Waals surface area contributed by atoms with Crippen molar-refractivity contribution in [3.63, 3.8) is 0 Å². The van der Waals surface area contributed by atoms with Crippen LogP contribution in [0.15, 0.2) is 0 Å². The maximum Gasteiger partial charge on any atom is 0.449 e. The molecule has 7 heteroatoms. The molecule has 1 aliphatic heterocycles. The van der Waals surface area contributed by atoms with Crippen LogP contribution in [-0.2, 0) is 26.6 Å². The third-order valence-corrected chi connectivity index (χ3v) is 1.76. The van der Waals surface area contributed by atoms with Crippen LogP contribution < -0.4 is 0 Å². The van der Waals surface area contributed by atoms with Gasteiger partial charge in [-0.25, -0.2) is 4.79 Å². The number of nitrogens with zero attached hydrogens (tertiary/aromatic N) is 2. The monoisotopic (exact) mass is 242 g/mol. The van der Waals surface area contributed by atoms with Gasteiger partial charge in [-0.3, -0.25) is 0 Å². The zero-order valence-corrected chi connectivity index (χ0v) is 9.78. The van der Waals surface area contributed by atoms with Crippen molar-refractivity contribution in [2.75, 3.05) is 13.1 Å². The number of amides is 1. The molecule has 1 aliphatic rings. The Morgan fingerprint density at radius 3 is 2.25 bits per heavy atom. The first kappa shape index (κ1) is 12.6. The van der Waals surface area contributed by atoms with Crippen LogP contribution >= 0.6 is 25.6 Å². The van der Waals surface area contributed by atoms with Crippen molar-refractivity contribution in [2.24, 2.45) is 0 Å². The van der Waals surface area contributed by atoms with E-state index < -0.39 is 6.09 Å². The van der Waals surface area contributed by atoms with Gasteiger partial charge in [0.15, 0.2) is 0 Å². The van der Waals surface area contributed by atoms with Crippen molar-refractivity contribution < 1.29 is 31.3 Å². The molecule has 0 saturated carbocycles. The van der Waals surface area contributed by atoms with E-state index in [0.717, 1.165) is 29.6 Å². The third kappa shape index (κ3) is 4.05. The quantitative estimate of drug-likeness (QED) is 0.534. The molecule has 0 atom stereocenters. The topological polar surface area (TPSA) is 32.8 Å². The average molecular weight is 242 g/mol. The fraction of sp³-hybridized carbons (Fsp3) is 0.800. The molecule has 0 N–H and O–H groups in total. The van der Waals surface area contributed by atoms with Crippen LogP contribution in [0.3, 0.4) is 0 Å². The van der Waals surface area contributed by atoms with E-state index >= 15 is 0 Å². The summed E-state index contributed by atoms with van der Waals surface area (Å²) in [6.45, 7) is 1.61. The minimum absolute atomic E-state index is 0. The maximum absolute atomic E-state index is 10.8. The molecular weight excluding hydrogens is 232 g/mol. The Morgan fingerprint density at radius 2 is 1.83 bits per heavy atom. The summed E-state index contributed by atoms with van der Waals surface area (Å²) in [6, 6.07) is 0. The van der Waals surface area contributed by atoms with E-state index in [4.69, 9.17) is 4.84 Å². The zero-order chi connectivity index (χ0) is 8.27. The van der Waals surface area contributed by atoms with Gasteiger partial charge in [-0.1, -0.05) is 0 Å². The van der Waals surface area contributed by atoms with E-state index in [-0.39, 0.29) is 21.7 Å². The summed E-state index contributed by atoms with van der Waals surface area (Å²) in [5, 5.41) is 1.61. The summed E-state index contributed by atoms with van der Waals surface area (Å²) < 4.78 is 0.818. The molecule has 68 valence electrons. The molecule has 0 radical (unpaired) electrons. The molecule has 0 unspecified atom stereocenters. The van der Waals surface area contributed by atoms with Gasteiger partial charge in [-0.05, 0) is 38.5 Å².